The Hall–Kier alpha value is -1.24. The van der Waals surface area contributed by atoms with Crippen molar-refractivity contribution in [2.75, 3.05) is 24.5 Å². The van der Waals surface area contributed by atoms with Crippen molar-refractivity contribution in [1.82, 2.24) is 5.32 Å². The monoisotopic (exact) mass is 275 g/mol. The highest BCUT2D eigenvalue weighted by Gasteiger charge is 2.49. The zero-order chi connectivity index (χ0) is 13.6. The normalized spacial score (nSPS) is 28.2. The lowest BCUT2D eigenvalue weighted by molar-refractivity contribution is 0.357. The molecule has 4 heteroatoms. The molecule has 3 rings (SSSR count). The van der Waals surface area contributed by atoms with Gasteiger partial charge in [0.15, 0.2) is 0 Å². The van der Waals surface area contributed by atoms with Crippen LogP contribution in [-0.4, -0.2) is 25.2 Å². The third-order valence-corrected chi connectivity index (χ3v) is 4.97. The van der Waals surface area contributed by atoms with Gasteiger partial charge in [-0.15, -0.1) is 0 Å². The standard InChI is InChI=1S/C15H18ClN3/c1-15(2)13-8-18-7-11(13)9-19(15)14-5-12(16)4-3-10(14)6-17/h3-5,11,13,18H,7-9H2,1-2H3. The first-order valence-corrected chi connectivity index (χ1v) is 7.10. The number of nitriles is 1. The Bertz CT molecular complexity index is 547. The van der Waals surface area contributed by atoms with E-state index in [1.807, 2.05) is 12.1 Å². The summed E-state index contributed by atoms with van der Waals surface area (Å²) in [6.07, 6.45) is 0. The quantitative estimate of drug-likeness (QED) is 0.856. The molecule has 2 saturated heterocycles. The molecule has 19 heavy (non-hydrogen) atoms. The minimum absolute atomic E-state index is 0.0600. The summed E-state index contributed by atoms with van der Waals surface area (Å²) >= 11 is 6.12. The Kier molecular flexibility index (Phi) is 2.96. The van der Waals surface area contributed by atoms with Crippen molar-refractivity contribution in [3.63, 3.8) is 0 Å². The molecule has 2 unspecified atom stereocenters. The summed E-state index contributed by atoms with van der Waals surface area (Å²) in [4.78, 5) is 2.37. The molecular formula is C15H18ClN3. The van der Waals surface area contributed by atoms with Crippen molar-refractivity contribution in [3.8, 4) is 6.07 Å². The van der Waals surface area contributed by atoms with Gasteiger partial charge < -0.3 is 10.2 Å². The molecule has 2 aliphatic rings. The molecule has 3 nitrogen and oxygen atoms in total. The van der Waals surface area contributed by atoms with Crippen molar-refractivity contribution >= 4 is 17.3 Å². The lowest BCUT2D eigenvalue weighted by Gasteiger charge is -2.37. The number of hydrogen-bond donors (Lipinski definition) is 1. The number of halogens is 1. The molecule has 1 aromatic carbocycles. The Balaban J connectivity index is 2.04. The summed E-state index contributed by atoms with van der Waals surface area (Å²) in [6.45, 7) is 7.68. The number of anilines is 1. The number of nitrogens with zero attached hydrogens (tertiary/aromatic N) is 2. The maximum absolute atomic E-state index is 9.31. The van der Waals surface area contributed by atoms with E-state index in [-0.39, 0.29) is 5.54 Å². The highest BCUT2D eigenvalue weighted by Crippen LogP contribution is 2.44. The molecule has 0 aliphatic carbocycles. The van der Waals surface area contributed by atoms with Crippen LogP contribution < -0.4 is 10.2 Å². The van der Waals surface area contributed by atoms with E-state index in [9.17, 15) is 5.26 Å². The lowest BCUT2D eigenvalue weighted by Crippen LogP contribution is -2.44. The van der Waals surface area contributed by atoms with Crippen LogP contribution in [0.3, 0.4) is 0 Å². The predicted molar refractivity (Wildman–Crippen MR) is 77.4 cm³/mol. The molecule has 0 aromatic heterocycles. The first-order valence-electron chi connectivity index (χ1n) is 6.72. The predicted octanol–water partition coefficient (Wildman–Crippen LogP) is 2.65. The average Bonchev–Trinajstić information content (AvgIpc) is 2.92. The fourth-order valence-corrected chi connectivity index (χ4v) is 3.82. The Labute approximate surface area is 119 Å². The largest absolute Gasteiger partial charge is 0.365 e. The summed E-state index contributed by atoms with van der Waals surface area (Å²) in [5, 5.41) is 13.5. The molecule has 2 atom stereocenters. The molecule has 0 bridgehead atoms. The number of fused-ring (bicyclic) bond motifs is 1. The van der Waals surface area contributed by atoms with Crippen LogP contribution in [0, 0.1) is 23.2 Å². The highest BCUT2D eigenvalue weighted by atomic mass is 35.5. The zero-order valence-electron chi connectivity index (χ0n) is 11.3. The maximum Gasteiger partial charge on any atom is 0.101 e. The maximum atomic E-state index is 9.31. The summed E-state index contributed by atoms with van der Waals surface area (Å²) in [6, 6.07) is 7.82. The molecule has 1 aromatic rings. The van der Waals surface area contributed by atoms with Crippen molar-refractivity contribution in [3.05, 3.63) is 28.8 Å². The van der Waals surface area contributed by atoms with Gasteiger partial charge >= 0.3 is 0 Å². The second kappa shape index (κ2) is 4.40. The minimum atomic E-state index is 0.0600. The lowest BCUT2D eigenvalue weighted by atomic mass is 9.84. The van der Waals surface area contributed by atoms with Crippen LogP contribution >= 0.6 is 11.6 Å². The molecule has 100 valence electrons. The Morgan fingerprint density at radius 1 is 1.42 bits per heavy atom. The second-order valence-corrected chi connectivity index (χ2v) is 6.50. The van der Waals surface area contributed by atoms with E-state index in [1.165, 1.54) is 0 Å². The molecule has 1 N–H and O–H groups in total. The van der Waals surface area contributed by atoms with E-state index >= 15 is 0 Å². The van der Waals surface area contributed by atoms with E-state index in [0.29, 0.717) is 22.4 Å². The van der Waals surface area contributed by atoms with Crippen LogP contribution in [0.4, 0.5) is 5.69 Å². The van der Waals surface area contributed by atoms with Gasteiger partial charge in [0.1, 0.15) is 6.07 Å². The first-order chi connectivity index (χ1) is 9.04. The van der Waals surface area contributed by atoms with E-state index in [1.54, 1.807) is 6.07 Å². The summed E-state index contributed by atoms with van der Waals surface area (Å²) in [5.74, 6) is 1.30. The highest BCUT2D eigenvalue weighted by molar-refractivity contribution is 6.30. The molecular weight excluding hydrogens is 258 g/mol. The molecule has 2 aliphatic heterocycles. The number of hydrogen-bond acceptors (Lipinski definition) is 3. The number of rotatable bonds is 1. The SMILES string of the molecule is CC1(C)C2CNCC2CN1c1cc(Cl)ccc1C#N. The Morgan fingerprint density at radius 3 is 2.89 bits per heavy atom. The van der Waals surface area contributed by atoms with Crippen molar-refractivity contribution < 1.29 is 0 Å². The van der Waals surface area contributed by atoms with Crippen LogP contribution in [0.15, 0.2) is 18.2 Å². The zero-order valence-corrected chi connectivity index (χ0v) is 12.0. The second-order valence-electron chi connectivity index (χ2n) is 6.06. The fourth-order valence-electron chi connectivity index (χ4n) is 3.65. The fraction of sp³-hybridized carbons (Fsp3) is 0.533. The van der Waals surface area contributed by atoms with Gasteiger partial charge in [-0.05, 0) is 43.9 Å². The number of nitrogens with one attached hydrogen (secondary N) is 1. The molecule has 0 radical (unpaired) electrons. The van der Waals surface area contributed by atoms with Crippen molar-refractivity contribution in [2.45, 2.75) is 19.4 Å². The molecule has 2 heterocycles. The molecule has 2 fully saturated rings. The van der Waals surface area contributed by atoms with Gasteiger partial charge in [-0.1, -0.05) is 11.6 Å². The third-order valence-electron chi connectivity index (χ3n) is 4.73. The van der Waals surface area contributed by atoms with Gasteiger partial charge in [-0.3, -0.25) is 0 Å². The van der Waals surface area contributed by atoms with Crippen LogP contribution in [0.5, 0.6) is 0 Å². The van der Waals surface area contributed by atoms with Gasteiger partial charge in [0, 0.05) is 30.2 Å². The summed E-state index contributed by atoms with van der Waals surface area (Å²) in [5.41, 5.74) is 1.75. The molecule has 0 saturated carbocycles. The van der Waals surface area contributed by atoms with Gasteiger partial charge in [0.2, 0.25) is 0 Å². The molecule has 0 amide bonds. The van der Waals surface area contributed by atoms with Gasteiger partial charge in [-0.2, -0.15) is 5.26 Å². The van der Waals surface area contributed by atoms with Crippen molar-refractivity contribution in [1.29, 1.82) is 5.26 Å². The van der Waals surface area contributed by atoms with Crippen molar-refractivity contribution in [2.24, 2.45) is 11.8 Å². The van der Waals surface area contributed by atoms with Gasteiger partial charge in [-0.25, -0.2) is 0 Å². The van der Waals surface area contributed by atoms with Crippen LogP contribution in [0.1, 0.15) is 19.4 Å². The Morgan fingerprint density at radius 2 is 2.21 bits per heavy atom. The third kappa shape index (κ3) is 1.91. The minimum Gasteiger partial charge on any atom is -0.365 e. The van der Waals surface area contributed by atoms with Crippen LogP contribution in [-0.2, 0) is 0 Å². The summed E-state index contributed by atoms with van der Waals surface area (Å²) < 4.78 is 0. The van der Waals surface area contributed by atoms with Crippen LogP contribution in [0.25, 0.3) is 0 Å². The van der Waals surface area contributed by atoms with Crippen LogP contribution in [0.2, 0.25) is 5.02 Å². The smallest absolute Gasteiger partial charge is 0.101 e. The summed E-state index contributed by atoms with van der Waals surface area (Å²) in [7, 11) is 0. The van der Waals surface area contributed by atoms with E-state index in [4.69, 9.17) is 11.6 Å². The topological polar surface area (TPSA) is 39.1 Å². The number of benzene rings is 1. The van der Waals surface area contributed by atoms with E-state index < -0.39 is 0 Å². The van der Waals surface area contributed by atoms with E-state index in [2.05, 4.69) is 30.1 Å². The van der Waals surface area contributed by atoms with Gasteiger partial charge in [0.05, 0.1) is 11.3 Å². The average molecular weight is 276 g/mol. The van der Waals surface area contributed by atoms with Gasteiger partial charge in [0.25, 0.3) is 0 Å². The van der Waals surface area contributed by atoms with E-state index in [0.717, 1.165) is 25.3 Å². The first kappa shape index (κ1) is 12.8. The molecule has 0 spiro atoms.